The number of hydrogen-bond acceptors (Lipinski definition) is 3. The van der Waals surface area contributed by atoms with Crippen molar-refractivity contribution in [1.29, 1.82) is 0 Å². The average Bonchev–Trinajstić information content (AvgIpc) is 3.11. The summed E-state index contributed by atoms with van der Waals surface area (Å²) in [6.45, 7) is 3.41. The number of hydrogen-bond donors (Lipinski definition) is 0. The fourth-order valence-electron chi connectivity index (χ4n) is 4.83. The van der Waals surface area contributed by atoms with Crippen molar-refractivity contribution in [2.24, 2.45) is 0 Å². The molecule has 5 rings (SSSR count). The van der Waals surface area contributed by atoms with Crippen LogP contribution in [0.4, 0.5) is 0 Å². The minimum atomic E-state index is -0.557. The second-order valence-electron chi connectivity index (χ2n) is 8.05. The third-order valence-electron chi connectivity index (χ3n) is 6.42. The smallest absolute Gasteiger partial charge is 0.259 e. The average molecular weight is 388 g/mol. The Bertz CT molecular complexity index is 1150. The number of carbonyl (C=O) groups excluding carboxylic acids is 1. The molecule has 1 spiro atoms. The maximum Gasteiger partial charge on any atom is 0.259 e. The van der Waals surface area contributed by atoms with Crippen LogP contribution in [0.5, 0.6) is 0 Å². The van der Waals surface area contributed by atoms with Crippen molar-refractivity contribution < 1.29 is 9.53 Å². The number of pyridine rings is 1. The Morgan fingerprint density at radius 2 is 1.90 bits per heavy atom. The van der Waals surface area contributed by atoms with Crippen molar-refractivity contribution in [2.45, 2.75) is 31.4 Å². The summed E-state index contributed by atoms with van der Waals surface area (Å²) >= 11 is 0. The van der Waals surface area contributed by atoms with Gasteiger partial charge in [-0.15, -0.1) is 0 Å². The van der Waals surface area contributed by atoms with E-state index in [9.17, 15) is 9.59 Å². The molecule has 2 heterocycles. The van der Waals surface area contributed by atoms with Crippen LogP contribution in [-0.2, 0) is 21.6 Å². The summed E-state index contributed by atoms with van der Waals surface area (Å²) in [5.41, 5.74) is 1.96. The first-order chi connectivity index (χ1) is 14.1. The Morgan fingerprint density at radius 1 is 1.10 bits per heavy atom. The summed E-state index contributed by atoms with van der Waals surface area (Å²) in [5.74, 6) is -0.0329. The molecule has 0 unspecified atom stereocenters. The van der Waals surface area contributed by atoms with Crippen LogP contribution in [-0.4, -0.2) is 35.1 Å². The molecule has 29 heavy (non-hydrogen) atoms. The number of nitrogens with zero attached hydrogens (tertiary/aromatic N) is 2. The minimum Gasteiger partial charge on any atom is -0.367 e. The van der Waals surface area contributed by atoms with E-state index in [2.05, 4.69) is 18.2 Å². The Kier molecular flexibility index (Phi) is 4.28. The maximum atomic E-state index is 13.3. The lowest BCUT2D eigenvalue weighted by molar-refractivity contribution is -0.155. The Labute approximate surface area is 169 Å². The van der Waals surface area contributed by atoms with Gasteiger partial charge in [-0.3, -0.25) is 9.59 Å². The van der Waals surface area contributed by atoms with Gasteiger partial charge in [-0.2, -0.15) is 0 Å². The number of morpholine rings is 1. The van der Waals surface area contributed by atoms with Crippen LogP contribution in [0.3, 0.4) is 0 Å². The molecule has 5 nitrogen and oxygen atoms in total. The van der Waals surface area contributed by atoms with Gasteiger partial charge in [0.15, 0.2) is 0 Å². The van der Waals surface area contributed by atoms with Gasteiger partial charge < -0.3 is 14.2 Å². The standard InChI is InChI=1S/C24H24N2O3/c1-17(26-13-11-18-6-2-4-8-20(18)23(26)28)22(27)25-14-15-29-24(16-25)12-10-19-7-3-5-9-21(19)24/h2-9,11,13,17H,10,12,14-16H2,1H3/t17-,24+/m1/s1. The van der Waals surface area contributed by atoms with Gasteiger partial charge in [0, 0.05) is 18.1 Å². The van der Waals surface area contributed by atoms with Crippen molar-refractivity contribution in [2.75, 3.05) is 19.7 Å². The van der Waals surface area contributed by atoms with Crippen molar-refractivity contribution in [3.63, 3.8) is 0 Å². The van der Waals surface area contributed by atoms with Gasteiger partial charge in [0.2, 0.25) is 5.91 Å². The number of aryl methyl sites for hydroxylation is 1. The first kappa shape index (κ1) is 18.1. The lowest BCUT2D eigenvalue weighted by Crippen LogP contribution is -2.52. The zero-order chi connectivity index (χ0) is 20.0. The largest absolute Gasteiger partial charge is 0.367 e. The number of rotatable bonds is 2. The van der Waals surface area contributed by atoms with E-state index in [0.717, 1.165) is 18.2 Å². The quantitative estimate of drug-likeness (QED) is 0.677. The molecule has 2 aliphatic rings. The van der Waals surface area contributed by atoms with Crippen molar-refractivity contribution in [3.8, 4) is 0 Å². The number of amides is 1. The van der Waals surface area contributed by atoms with Gasteiger partial charge in [0.1, 0.15) is 11.6 Å². The second kappa shape index (κ2) is 6.85. The van der Waals surface area contributed by atoms with Crippen LogP contribution in [0.25, 0.3) is 10.8 Å². The summed E-state index contributed by atoms with van der Waals surface area (Å²) in [6, 6.07) is 17.2. The summed E-state index contributed by atoms with van der Waals surface area (Å²) in [6.07, 6.45) is 3.59. The predicted molar refractivity (Wildman–Crippen MR) is 112 cm³/mol. The van der Waals surface area contributed by atoms with Gasteiger partial charge in [0.25, 0.3) is 5.56 Å². The predicted octanol–water partition coefficient (Wildman–Crippen LogP) is 3.26. The van der Waals surface area contributed by atoms with Crippen LogP contribution < -0.4 is 5.56 Å². The molecule has 1 aromatic heterocycles. The first-order valence-corrected chi connectivity index (χ1v) is 10.2. The topological polar surface area (TPSA) is 51.5 Å². The van der Waals surface area contributed by atoms with Crippen LogP contribution >= 0.6 is 0 Å². The molecule has 1 aliphatic heterocycles. The van der Waals surface area contributed by atoms with E-state index in [1.54, 1.807) is 10.8 Å². The first-order valence-electron chi connectivity index (χ1n) is 10.2. The number of ether oxygens (including phenoxy) is 1. The minimum absolute atomic E-state index is 0.0329. The van der Waals surface area contributed by atoms with Crippen molar-refractivity contribution in [1.82, 2.24) is 9.47 Å². The highest BCUT2D eigenvalue weighted by Crippen LogP contribution is 2.42. The molecule has 1 fully saturated rings. The van der Waals surface area contributed by atoms with Crippen molar-refractivity contribution >= 4 is 16.7 Å². The molecule has 3 aromatic rings. The molecule has 0 N–H and O–H groups in total. The number of benzene rings is 2. The van der Waals surface area contributed by atoms with Crippen LogP contribution in [0.2, 0.25) is 0 Å². The van der Waals surface area contributed by atoms with Crippen LogP contribution in [0.1, 0.15) is 30.5 Å². The fraction of sp³-hybridized carbons (Fsp3) is 0.333. The zero-order valence-corrected chi connectivity index (χ0v) is 16.5. The highest BCUT2D eigenvalue weighted by atomic mass is 16.5. The molecule has 0 saturated carbocycles. The zero-order valence-electron chi connectivity index (χ0n) is 16.5. The summed E-state index contributed by atoms with van der Waals surface area (Å²) < 4.78 is 7.79. The molecule has 1 aliphatic carbocycles. The molecule has 2 aromatic carbocycles. The van der Waals surface area contributed by atoms with Gasteiger partial charge in [0.05, 0.1) is 13.2 Å². The molecule has 148 valence electrons. The molecule has 1 saturated heterocycles. The highest BCUT2D eigenvalue weighted by Gasteiger charge is 2.44. The van der Waals surface area contributed by atoms with E-state index in [0.29, 0.717) is 25.1 Å². The molecule has 1 amide bonds. The molecule has 5 heteroatoms. The van der Waals surface area contributed by atoms with Crippen molar-refractivity contribution in [3.05, 3.63) is 82.3 Å². The van der Waals surface area contributed by atoms with Crippen LogP contribution in [0.15, 0.2) is 65.6 Å². The van der Waals surface area contributed by atoms with Gasteiger partial charge in [-0.05, 0) is 48.4 Å². The monoisotopic (exact) mass is 388 g/mol. The highest BCUT2D eigenvalue weighted by molar-refractivity contribution is 5.83. The Morgan fingerprint density at radius 3 is 2.79 bits per heavy atom. The molecule has 0 radical (unpaired) electrons. The van der Waals surface area contributed by atoms with Crippen LogP contribution in [0, 0.1) is 0 Å². The van der Waals surface area contributed by atoms with E-state index in [1.165, 1.54) is 11.1 Å². The lowest BCUT2D eigenvalue weighted by atomic mass is 9.93. The van der Waals surface area contributed by atoms with E-state index >= 15 is 0 Å². The normalized spacial score (nSPS) is 22.0. The Hall–Kier alpha value is -2.92. The van der Waals surface area contributed by atoms with E-state index in [1.807, 2.05) is 48.2 Å². The fourth-order valence-corrected chi connectivity index (χ4v) is 4.83. The SMILES string of the molecule is C[C@H](C(=O)N1CCO[C@@]2(CCc3ccccc32)C1)n1ccc2ccccc2c1=O. The third-order valence-corrected chi connectivity index (χ3v) is 6.42. The number of fused-ring (bicyclic) bond motifs is 3. The van der Waals surface area contributed by atoms with Gasteiger partial charge in [-0.25, -0.2) is 0 Å². The number of carbonyl (C=O) groups is 1. The molecule has 2 atom stereocenters. The summed E-state index contributed by atoms with van der Waals surface area (Å²) in [5, 5.41) is 1.53. The van der Waals surface area contributed by atoms with E-state index in [-0.39, 0.29) is 11.5 Å². The Balaban J connectivity index is 1.44. The molecule has 0 bridgehead atoms. The molecular formula is C24H24N2O3. The third kappa shape index (κ3) is 2.88. The summed E-state index contributed by atoms with van der Waals surface area (Å²) in [4.78, 5) is 28.2. The van der Waals surface area contributed by atoms with E-state index < -0.39 is 11.6 Å². The maximum absolute atomic E-state index is 13.3. The van der Waals surface area contributed by atoms with Gasteiger partial charge >= 0.3 is 0 Å². The second-order valence-corrected chi connectivity index (χ2v) is 8.05. The lowest BCUT2D eigenvalue weighted by Gasteiger charge is -2.42. The summed E-state index contributed by atoms with van der Waals surface area (Å²) in [7, 11) is 0. The van der Waals surface area contributed by atoms with E-state index in [4.69, 9.17) is 4.74 Å². The number of aromatic nitrogens is 1. The van der Waals surface area contributed by atoms with Gasteiger partial charge in [-0.1, -0.05) is 42.5 Å². The molecular weight excluding hydrogens is 364 g/mol.